The molecule has 0 aliphatic carbocycles. The highest BCUT2D eigenvalue weighted by molar-refractivity contribution is 5.94. The van der Waals surface area contributed by atoms with Gasteiger partial charge in [0, 0.05) is 39.1 Å². The number of carbonyl (C=O) groups excluding carboxylic acids is 1. The van der Waals surface area contributed by atoms with Crippen LogP contribution in [0.2, 0.25) is 0 Å². The monoisotopic (exact) mass is 275 g/mol. The molecule has 4 heteroatoms. The standard InChI is InChI=1S/C16H25N3O/c1-4-16(20)15-6-5-14(11-17-15)19-9-7-18(8-10-19)12-13(2)3/h5-6,11,13H,4,7-10,12H2,1-3H3. The molecule has 0 N–H and O–H groups in total. The zero-order valence-corrected chi connectivity index (χ0v) is 12.8. The third kappa shape index (κ3) is 3.79. The quantitative estimate of drug-likeness (QED) is 0.773. The number of piperazine rings is 1. The molecule has 0 unspecified atom stereocenters. The second-order valence-electron chi connectivity index (χ2n) is 5.86. The summed E-state index contributed by atoms with van der Waals surface area (Å²) in [6, 6.07) is 3.87. The molecule has 2 heterocycles. The molecule has 1 aliphatic rings. The summed E-state index contributed by atoms with van der Waals surface area (Å²) in [6.45, 7) is 11.9. The summed E-state index contributed by atoms with van der Waals surface area (Å²) in [6.07, 6.45) is 2.35. The van der Waals surface area contributed by atoms with E-state index < -0.39 is 0 Å². The molecule has 0 spiro atoms. The lowest BCUT2D eigenvalue weighted by atomic mass is 10.1. The van der Waals surface area contributed by atoms with Crippen molar-refractivity contribution in [3.8, 4) is 0 Å². The minimum Gasteiger partial charge on any atom is -0.368 e. The van der Waals surface area contributed by atoms with Gasteiger partial charge in [-0.05, 0) is 18.1 Å². The number of anilines is 1. The molecule has 1 aromatic heterocycles. The first-order valence-electron chi connectivity index (χ1n) is 7.56. The Bertz CT molecular complexity index is 434. The van der Waals surface area contributed by atoms with Gasteiger partial charge in [-0.1, -0.05) is 20.8 Å². The van der Waals surface area contributed by atoms with Crippen LogP contribution in [0.1, 0.15) is 37.7 Å². The first-order chi connectivity index (χ1) is 9.60. The van der Waals surface area contributed by atoms with Crippen molar-refractivity contribution in [1.29, 1.82) is 0 Å². The van der Waals surface area contributed by atoms with E-state index in [9.17, 15) is 4.79 Å². The van der Waals surface area contributed by atoms with Gasteiger partial charge in [-0.15, -0.1) is 0 Å². The van der Waals surface area contributed by atoms with Crippen LogP contribution in [0.4, 0.5) is 5.69 Å². The Balaban J connectivity index is 1.92. The predicted molar refractivity (Wildman–Crippen MR) is 82.3 cm³/mol. The second kappa shape index (κ2) is 6.84. The van der Waals surface area contributed by atoms with Crippen LogP contribution in [0.25, 0.3) is 0 Å². The topological polar surface area (TPSA) is 36.4 Å². The van der Waals surface area contributed by atoms with Crippen LogP contribution in [0.5, 0.6) is 0 Å². The minimum absolute atomic E-state index is 0.110. The zero-order chi connectivity index (χ0) is 14.5. The van der Waals surface area contributed by atoms with Crippen LogP contribution in [-0.2, 0) is 0 Å². The van der Waals surface area contributed by atoms with Crippen LogP contribution in [0.15, 0.2) is 18.3 Å². The molecule has 20 heavy (non-hydrogen) atoms. The highest BCUT2D eigenvalue weighted by Gasteiger charge is 2.18. The molecular formula is C16H25N3O. The summed E-state index contributed by atoms with van der Waals surface area (Å²) in [5, 5.41) is 0. The van der Waals surface area contributed by atoms with Crippen molar-refractivity contribution in [2.45, 2.75) is 27.2 Å². The van der Waals surface area contributed by atoms with Crippen molar-refractivity contribution >= 4 is 11.5 Å². The summed E-state index contributed by atoms with van der Waals surface area (Å²) >= 11 is 0. The Hall–Kier alpha value is -1.42. The number of carbonyl (C=O) groups is 1. The fraction of sp³-hybridized carbons (Fsp3) is 0.625. The number of hydrogen-bond donors (Lipinski definition) is 0. The maximum Gasteiger partial charge on any atom is 0.180 e. The first-order valence-corrected chi connectivity index (χ1v) is 7.56. The Kier molecular flexibility index (Phi) is 5.12. The fourth-order valence-electron chi connectivity index (χ4n) is 2.62. The molecule has 0 saturated carbocycles. The van der Waals surface area contributed by atoms with Crippen LogP contribution < -0.4 is 4.90 Å². The molecule has 0 atom stereocenters. The third-order valence-electron chi connectivity index (χ3n) is 3.72. The molecule has 1 saturated heterocycles. The molecule has 2 rings (SSSR count). The van der Waals surface area contributed by atoms with Gasteiger partial charge >= 0.3 is 0 Å². The van der Waals surface area contributed by atoms with Crippen molar-refractivity contribution in [1.82, 2.24) is 9.88 Å². The fourth-order valence-corrected chi connectivity index (χ4v) is 2.62. The summed E-state index contributed by atoms with van der Waals surface area (Å²) in [5.74, 6) is 0.834. The summed E-state index contributed by atoms with van der Waals surface area (Å²) in [4.78, 5) is 20.7. The SMILES string of the molecule is CCC(=O)c1ccc(N2CCN(CC(C)C)CC2)cn1. The van der Waals surface area contributed by atoms with E-state index in [0.29, 0.717) is 12.1 Å². The van der Waals surface area contributed by atoms with Crippen molar-refractivity contribution in [3.05, 3.63) is 24.0 Å². The second-order valence-corrected chi connectivity index (χ2v) is 5.86. The number of nitrogens with zero attached hydrogens (tertiary/aromatic N) is 3. The van der Waals surface area contributed by atoms with Gasteiger partial charge in [-0.25, -0.2) is 0 Å². The Morgan fingerprint density at radius 3 is 2.45 bits per heavy atom. The van der Waals surface area contributed by atoms with Crippen molar-refractivity contribution in [2.75, 3.05) is 37.6 Å². The number of ketones is 1. The Morgan fingerprint density at radius 1 is 1.25 bits per heavy atom. The number of aromatic nitrogens is 1. The normalized spacial score (nSPS) is 16.7. The van der Waals surface area contributed by atoms with Crippen molar-refractivity contribution in [2.24, 2.45) is 5.92 Å². The smallest absolute Gasteiger partial charge is 0.180 e. The summed E-state index contributed by atoms with van der Waals surface area (Å²) < 4.78 is 0. The summed E-state index contributed by atoms with van der Waals surface area (Å²) in [7, 11) is 0. The van der Waals surface area contributed by atoms with Gasteiger partial charge in [-0.3, -0.25) is 14.7 Å². The molecule has 110 valence electrons. The highest BCUT2D eigenvalue weighted by atomic mass is 16.1. The molecule has 0 radical (unpaired) electrons. The van der Waals surface area contributed by atoms with Gasteiger partial charge in [-0.2, -0.15) is 0 Å². The predicted octanol–water partition coefficient (Wildman–Crippen LogP) is 2.45. The largest absolute Gasteiger partial charge is 0.368 e. The molecule has 1 aromatic rings. The van der Waals surface area contributed by atoms with Crippen molar-refractivity contribution < 1.29 is 4.79 Å². The molecule has 4 nitrogen and oxygen atoms in total. The molecule has 1 aliphatic heterocycles. The number of pyridine rings is 1. The van der Waals surface area contributed by atoms with Crippen LogP contribution in [-0.4, -0.2) is 48.4 Å². The maximum absolute atomic E-state index is 11.6. The van der Waals surface area contributed by atoms with Crippen molar-refractivity contribution in [3.63, 3.8) is 0 Å². The van der Waals surface area contributed by atoms with Crippen LogP contribution in [0.3, 0.4) is 0 Å². The molecular weight excluding hydrogens is 250 g/mol. The van der Waals surface area contributed by atoms with E-state index >= 15 is 0 Å². The van der Waals surface area contributed by atoms with E-state index in [-0.39, 0.29) is 5.78 Å². The number of rotatable bonds is 5. The van der Waals surface area contributed by atoms with E-state index in [1.807, 2.05) is 25.3 Å². The third-order valence-corrected chi connectivity index (χ3v) is 3.72. The van der Waals surface area contributed by atoms with E-state index in [0.717, 1.165) is 37.8 Å². The lowest BCUT2D eigenvalue weighted by molar-refractivity contribution is 0.0983. The van der Waals surface area contributed by atoms with Gasteiger partial charge in [0.25, 0.3) is 0 Å². The lowest BCUT2D eigenvalue weighted by Gasteiger charge is -2.36. The van der Waals surface area contributed by atoms with E-state index in [1.165, 1.54) is 6.54 Å². The number of hydrogen-bond acceptors (Lipinski definition) is 4. The average molecular weight is 275 g/mol. The molecule has 0 amide bonds. The summed E-state index contributed by atoms with van der Waals surface area (Å²) in [5.41, 5.74) is 1.71. The van der Waals surface area contributed by atoms with Gasteiger partial charge in [0.1, 0.15) is 5.69 Å². The highest BCUT2D eigenvalue weighted by Crippen LogP contribution is 2.16. The van der Waals surface area contributed by atoms with E-state index in [4.69, 9.17) is 0 Å². The molecule has 0 bridgehead atoms. The molecule has 1 fully saturated rings. The van der Waals surface area contributed by atoms with Gasteiger partial charge in [0.2, 0.25) is 0 Å². The lowest BCUT2D eigenvalue weighted by Crippen LogP contribution is -2.47. The Labute approximate surface area is 121 Å². The van der Waals surface area contributed by atoms with Gasteiger partial charge in [0.15, 0.2) is 5.78 Å². The minimum atomic E-state index is 0.110. The van der Waals surface area contributed by atoms with Gasteiger partial charge in [0.05, 0.1) is 11.9 Å². The number of Topliss-reactive ketones (excluding diaryl/α,β-unsaturated/α-hetero) is 1. The maximum atomic E-state index is 11.6. The van der Waals surface area contributed by atoms with Gasteiger partial charge < -0.3 is 4.90 Å². The van der Waals surface area contributed by atoms with Crippen LogP contribution >= 0.6 is 0 Å². The average Bonchev–Trinajstić information content (AvgIpc) is 2.47. The van der Waals surface area contributed by atoms with Crippen LogP contribution in [0, 0.1) is 5.92 Å². The Morgan fingerprint density at radius 2 is 1.95 bits per heavy atom. The van der Waals surface area contributed by atoms with E-state index in [1.54, 1.807) is 0 Å². The zero-order valence-electron chi connectivity index (χ0n) is 12.8. The molecule has 0 aromatic carbocycles. The van der Waals surface area contributed by atoms with E-state index in [2.05, 4.69) is 28.6 Å². The first kappa shape index (κ1) is 15.0.